The van der Waals surface area contributed by atoms with E-state index in [0.29, 0.717) is 16.1 Å². The first-order chi connectivity index (χ1) is 11.5. The van der Waals surface area contributed by atoms with E-state index in [0.717, 1.165) is 11.8 Å². The fourth-order valence-electron chi connectivity index (χ4n) is 2.06. The molecule has 0 radical (unpaired) electrons. The number of rotatable bonds is 5. The molecule has 1 atom stereocenters. The molecule has 2 rings (SSSR count). The van der Waals surface area contributed by atoms with Crippen LogP contribution in [0.3, 0.4) is 0 Å². The Morgan fingerprint density at radius 3 is 2.58 bits per heavy atom. The third kappa shape index (κ3) is 3.78. The lowest BCUT2D eigenvalue weighted by atomic mass is 9.97. The molecule has 0 aliphatic carbocycles. The van der Waals surface area contributed by atoms with E-state index in [1.807, 2.05) is 12.1 Å². The number of nitrogens with two attached hydrogens (primary N) is 1. The Labute approximate surface area is 148 Å². The van der Waals surface area contributed by atoms with Crippen LogP contribution in [0.1, 0.15) is 11.1 Å². The van der Waals surface area contributed by atoms with Crippen molar-refractivity contribution < 1.29 is 10.2 Å². The third-order valence-electron chi connectivity index (χ3n) is 3.15. The number of benzene rings is 1. The second-order valence-electron chi connectivity index (χ2n) is 4.81. The molecular weight excluding hydrogens is 348 g/mol. The lowest BCUT2D eigenvalue weighted by Gasteiger charge is -2.14. The van der Waals surface area contributed by atoms with E-state index in [1.165, 1.54) is 0 Å². The van der Waals surface area contributed by atoms with Crippen LogP contribution < -0.4 is 5.73 Å². The van der Waals surface area contributed by atoms with Gasteiger partial charge in [0.25, 0.3) is 0 Å². The number of nitrogens with zero attached hydrogens (tertiary/aromatic N) is 3. The minimum atomic E-state index is -0.949. The molecule has 1 heterocycles. The lowest BCUT2D eigenvalue weighted by Crippen LogP contribution is -2.15. The molecule has 2 aromatic rings. The number of hydrogen-bond donors (Lipinski definition) is 3. The molecule has 1 unspecified atom stereocenters. The molecule has 0 saturated heterocycles. The van der Waals surface area contributed by atoms with Crippen molar-refractivity contribution in [2.75, 3.05) is 18.1 Å². The number of anilines is 1. The summed E-state index contributed by atoms with van der Waals surface area (Å²) in [4.78, 5) is 4.10. The maximum atomic E-state index is 9.56. The van der Waals surface area contributed by atoms with Crippen molar-refractivity contribution in [3.8, 4) is 23.3 Å². The molecule has 122 valence electrons. The maximum Gasteiger partial charge on any atom is 0.143 e. The highest BCUT2D eigenvalue weighted by Gasteiger charge is 2.21. The molecule has 0 amide bonds. The van der Waals surface area contributed by atoms with Gasteiger partial charge in [-0.05, 0) is 17.7 Å². The van der Waals surface area contributed by atoms with Crippen LogP contribution in [0.25, 0.3) is 11.1 Å². The number of nitrogen functional groups attached to an aromatic ring is 1. The van der Waals surface area contributed by atoms with Gasteiger partial charge < -0.3 is 15.9 Å². The normalized spacial score (nSPS) is 11.5. The summed E-state index contributed by atoms with van der Waals surface area (Å²) < 4.78 is 0. The summed E-state index contributed by atoms with van der Waals surface area (Å²) in [5.74, 6) is 0.130. The molecule has 0 aliphatic heterocycles. The van der Waals surface area contributed by atoms with Crippen LogP contribution in [-0.4, -0.2) is 33.7 Å². The van der Waals surface area contributed by atoms with Gasteiger partial charge in [0, 0.05) is 16.3 Å². The van der Waals surface area contributed by atoms with E-state index in [4.69, 9.17) is 22.4 Å². The summed E-state index contributed by atoms with van der Waals surface area (Å²) in [5.41, 5.74) is 7.08. The van der Waals surface area contributed by atoms with Crippen LogP contribution in [0, 0.1) is 22.7 Å². The zero-order valence-electron chi connectivity index (χ0n) is 12.4. The number of halogens is 1. The highest BCUT2D eigenvalue weighted by Crippen LogP contribution is 2.36. The molecule has 6 nitrogen and oxygen atoms in total. The van der Waals surface area contributed by atoms with E-state index < -0.39 is 12.7 Å². The molecule has 0 aliphatic rings. The molecule has 0 fully saturated rings. The van der Waals surface area contributed by atoms with Gasteiger partial charge in [-0.15, -0.1) is 11.8 Å². The predicted molar refractivity (Wildman–Crippen MR) is 92.3 cm³/mol. The average molecular weight is 361 g/mol. The Bertz CT molecular complexity index is 845. The molecule has 0 spiro atoms. The summed E-state index contributed by atoms with van der Waals surface area (Å²) in [6.45, 7) is -0.401. The molecule has 0 bridgehead atoms. The van der Waals surface area contributed by atoms with Gasteiger partial charge in [0.15, 0.2) is 0 Å². The molecule has 24 heavy (non-hydrogen) atoms. The Hall–Kier alpha value is -2.29. The number of nitriles is 2. The molecule has 4 N–H and O–H groups in total. The smallest absolute Gasteiger partial charge is 0.143 e. The van der Waals surface area contributed by atoms with Crippen molar-refractivity contribution in [2.45, 2.75) is 11.1 Å². The van der Waals surface area contributed by atoms with E-state index in [2.05, 4.69) is 4.98 Å². The summed E-state index contributed by atoms with van der Waals surface area (Å²) in [6.07, 6.45) is -0.949. The Morgan fingerprint density at radius 2 is 2.00 bits per heavy atom. The average Bonchev–Trinajstić information content (AvgIpc) is 2.58. The predicted octanol–water partition coefficient (Wildman–Crippen LogP) is 2.17. The number of aromatic nitrogens is 1. The van der Waals surface area contributed by atoms with Gasteiger partial charge in [-0.2, -0.15) is 10.5 Å². The van der Waals surface area contributed by atoms with E-state index in [9.17, 15) is 15.6 Å². The van der Waals surface area contributed by atoms with Crippen molar-refractivity contribution in [1.82, 2.24) is 4.98 Å². The first-order valence-electron chi connectivity index (χ1n) is 6.83. The fraction of sp³-hybridized carbons (Fsp3) is 0.188. The Morgan fingerprint density at radius 1 is 1.29 bits per heavy atom. The van der Waals surface area contributed by atoms with Gasteiger partial charge in [0.2, 0.25) is 0 Å². The van der Waals surface area contributed by atoms with E-state index in [1.54, 1.807) is 24.3 Å². The number of aliphatic hydroxyl groups is 2. The molecule has 1 aromatic heterocycles. The van der Waals surface area contributed by atoms with Crippen LogP contribution in [0.2, 0.25) is 5.02 Å². The number of aliphatic hydroxyl groups excluding tert-OH is 2. The molecule has 8 heteroatoms. The highest BCUT2D eigenvalue weighted by atomic mass is 35.5. The van der Waals surface area contributed by atoms with Crippen LogP contribution in [0.4, 0.5) is 5.82 Å². The second kappa shape index (κ2) is 8.00. The van der Waals surface area contributed by atoms with Crippen LogP contribution in [-0.2, 0) is 0 Å². The first kappa shape index (κ1) is 18.1. The summed E-state index contributed by atoms with van der Waals surface area (Å²) in [5, 5.41) is 38.1. The number of thioether (sulfide) groups is 1. The van der Waals surface area contributed by atoms with Crippen LogP contribution >= 0.6 is 23.4 Å². The maximum absolute atomic E-state index is 9.56. The topological polar surface area (TPSA) is 127 Å². The van der Waals surface area contributed by atoms with Gasteiger partial charge in [-0.3, -0.25) is 0 Å². The van der Waals surface area contributed by atoms with E-state index >= 15 is 0 Å². The van der Waals surface area contributed by atoms with Crippen molar-refractivity contribution in [2.24, 2.45) is 0 Å². The zero-order chi connectivity index (χ0) is 17.7. The standard InChI is InChI=1S/C16H13ClN4O2S/c17-10-3-1-2-9(4-10)14-12(5-18)15(20)21-16(13(14)6-19)24-8-11(23)7-22/h1-4,11,22-23H,7-8H2,(H2,20,21). The summed E-state index contributed by atoms with van der Waals surface area (Å²) in [7, 11) is 0. The van der Waals surface area contributed by atoms with Crippen molar-refractivity contribution in [3.05, 3.63) is 40.4 Å². The van der Waals surface area contributed by atoms with Crippen molar-refractivity contribution >= 4 is 29.2 Å². The zero-order valence-corrected chi connectivity index (χ0v) is 14.0. The Kier molecular flexibility index (Phi) is 6.02. The number of hydrogen-bond acceptors (Lipinski definition) is 7. The molecular formula is C16H13ClN4O2S. The summed E-state index contributed by atoms with van der Waals surface area (Å²) >= 11 is 7.09. The molecule has 1 aromatic carbocycles. The largest absolute Gasteiger partial charge is 0.394 e. The van der Waals surface area contributed by atoms with E-state index in [-0.39, 0.29) is 27.7 Å². The van der Waals surface area contributed by atoms with Gasteiger partial charge in [0.1, 0.15) is 28.5 Å². The van der Waals surface area contributed by atoms with Crippen molar-refractivity contribution in [3.63, 3.8) is 0 Å². The van der Waals surface area contributed by atoms with Gasteiger partial charge in [-0.1, -0.05) is 23.7 Å². The van der Waals surface area contributed by atoms with Crippen molar-refractivity contribution in [1.29, 1.82) is 10.5 Å². The monoisotopic (exact) mass is 360 g/mol. The van der Waals surface area contributed by atoms with Gasteiger partial charge >= 0.3 is 0 Å². The first-order valence-corrected chi connectivity index (χ1v) is 8.19. The SMILES string of the molecule is N#Cc1c(N)nc(SCC(O)CO)c(C#N)c1-c1cccc(Cl)c1. The quantitative estimate of drug-likeness (QED) is 0.697. The minimum absolute atomic E-state index is 0.00698. The van der Waals surface area contributed by atoms with Gasteiger partial charge in [0.05, 0.1) is 18.3 Å². The fourth-order valence-corrected chi connectivity index (χ4v) is 3.16. The van der Waals surface area contributed by atoms with Crippen LogP contribution in [0.15, 0.2) is 29.3 Å². The highest BCUT2D eigenvalue weighted by molar-refractivity contribution is 7.99. The molecule has 0 saturated carbocycles. The van der Waals surface area contributed by atoms with Gasteiger partial charge in [-0.25, -0.2) is 4.98 Å². The lowest BCUT2D eigenvalue weighted by molar-refractivity contribution is 0.113. The summed E-state index contributed by atoms with van der Waals surface area (Å²) in [6, 6.07) is 10.8. The second-order valence-corrected chi connectivity index (χ2v) is 6.25. The minimum Gasteiger partial charge on any atom is -0.394 e. The third-order valence-corrected chi connectivity index (χ3v) is 4.51. The van der Waals surface area contributed by atoms with Crippen LogP contribution in [0.5, 0.6) is 0 Å². The number of pyridine rings is 1. The Balaban J connectivity index is 2.65.